The van der Waals surface area contributed by atoms with E-state index in [0.717, 1.165) is 5.56 Å². The number of carbonyl (C=O) groups excluding carboxylic acids is 2. The van der Waals surface area contributed by atoms with Crippen LogP contribution in [0.1, 0.15) is 16.1 Å². The van der Waals surface area contributed by atoms with Gasteiger partial charge in [-0.2, -0.15) is 0 Å². The third kappa shape index (κ3) is 3.63. The van der Waals surface area contributed by atoms with Crippen molar-refractivity contribution in [1.82, 2.24) is 15.2 Å². The number of urea groups is 1. The molecule has 0 aliphatic carbocycles. The van der Waals surface area contributed by atoms with Gasteiger partial charge in [-0.1, -0.05) is 18.2 Å². The summed E-state index contributed by atoms with van der Waals surface area (Å²) in [5, 5.41) is 5.51. The molecular formula is C17H18N4O4. The predicted molar refractivity (Wildman–Crippen MR) is 91.8 cm³/mol. The smallest absolute Gasteiger partial charge is 0.317 e. The molecule has 2 heterocycles. The number of para-hydroxylation sites is 1. The Kier molecular flexibility index (Phi) is 4.69. The van der Waals surface area contributed by atoms with Crippen LogP contribution in [0.3, 0.4) is 0 Å². The number of ether oxygens (including phenoxy) is 1. The predicted octanol–water partition coefficient (Wildman–Crippen LogP) is 1.16. The Labute approximate surface area is 143 Å². The summed E-state index contributed by atoms with van der Waals surface area (Å²) in [7, 11) is 1.38. The number of hydrogen-bond acceptors (Lipinski definition) is 4. The maximum atomic E-state index is 12.4. The fourth-order valence-electron chi connectivity index (χ4n) is 2.59. The molecule has 1 aliphatic heterocycles. The van der Waals surface area contributed by atoms with Crippen LogP contribution in [0, 0.1) is 0 Å². The highest BCUT2D eigenvalue weighted by Gasteiger charge is 2.21. The summed E-state index contributed by atoms with van der Waals surface area (Å²) in [4.78, 5) is 40.3. The number of aromatic amines is 1. The molecule has 130 valence electrons. The molecular weight excluding hydrogens is 324 g/mol. The monoisotopic (exact) mass is 342 g/mol. The molecule has 3 amide bonds. The topological polar surface area (TPSA) is 104 Å². The highest BCUT2D eigenvalue weighted by Crippen LogP contribution is 2.19. The fraction of sp³-hybridized carbons (Fsp3) is 0.235. The van der Waals surface area contributed by atoms with Crippen molar-refractivity contribution >= 4 is 17.6 Å². The molecule has 3 N–H and O–H groups in total. The summed E-state index contributed by atoms with van der Waals surface area (Å²) in [6.45, 7) is 1.62. The van der Waals surface area contributed by atoms with Crippen LogP contribution in [0.25, 0.3) is 0 Å². The van der Waals surface area contributed by atoms with Crippen molar-refractivity contribution in [3.63, 3.8) is 0 Å². The Morgan fingerprint density at radius 1 is 1.32 bits per heavy atom. The van der Waals surface area contributed by atoms with Gasteiger partial charge in [-0.3, -0.25) is 9.59 Å². The molecule has 0 saturated carbocycles. The molecule has 8 nitrogen and oxygen atoms in total. The second kappa shape index (κ2) is 7.08. The van der Waals surface area contributed by atoms with Crippen LogP contribution in [-0.2, 0) is 6.54 Å². The van der Waals surface area contributed by atoms with Crippen LogP contribution in [0.2, 0.25) is 0 Å². The second-order valence-corrected chi connectivity index (χ2v) is 5.54. The minimum Gasteiger partial charge on any atom is -0.491 e. The number of benzene rings is 1. The normalized spacial score (nSPS) is 13.5. The number of methoxy groups -OCH3 is 1. The van der Waals surface area contributed by atoms with Gasteiger partial charge in [-0.05, 0) is 11.6 Å². The average Bonchev–Trinajstić information content (AvgIpc) is 3.01. The van der Waals surface area contributed by atoms with Gasteiger partial charge in [0.25, 0.3) is 5.91 Å². The van der Waals surface area contributed by atoms with Crippen LogP contribution in [0.4, 0.5) is 10.5 Å². The Balaban J connectivity index is 1.78. The maximum absolute atomic E-state index is 12.4. The summed E-state index contributed by atoms with van der Waals surface area (Å²) in [6, 6.07) is 8.29. The van der Waals surface area contributed by atoms with Crippen LogP contribution in [0.15, 0.2) is 41.3 Å². The molecule has 0 radical (unpaired) electrons. The minimum atomic E-state index is -0.446. The molecule has 0 bridgehead atoms. The summed E-state index contributed by atoms with van der Waals surface area (Å²) >= 11 is 0. The lowest BCUT2D eigenvalue weighted by molar-refractivity contribution is 0.102. The van der Waals surface area contributed by atoms with Crippen molar-refractivity contribution in [2.75, 3.05) is 25.5 Å². The second-order valence-electron chi connectivity index (χ2n) is 5.54. The van der Waals surface area contributed by atoms with Gasteiger partial charge in [-0.15, -0.1) is 0 Å². The van der Waals surface area contributed by atoms with Gasteiger partial charge in [0.1, 0.15) is 5.69 Å². The summed E-state index contributed by atoms with van der Waals surface area (Å²) in [5.41, 5.74) is 1.14. The molecule has 1 saturated heterocycles. The number of rotatable bonds is 5. The zero-order valence-corrected chi connectivity index (χ0v) is 13.7. The van der Waals surface area contributed by atoms with Gasteiger partial charge in [-0.25, -0.2) is 4.79 Å². The zero-order chi connectivity index (χ0) is 17.8. The SMILES string of the molecule is COc1c[nH]c(C(=O)Nc2ccccc2CN2CCNC2=O)cc1=O. The molecule has 1 aliphatic rings. The van der Waals surface area contributed by atoms with Gasteiger partial charge in [0.2, 0.25) is 5.43 Å². The summed E-state index contributed by atoms with van der Waals surface area (Å²) < 4.78 is 4.88. The lowest BCUT2D eigenvalue weighted by Gasteiger charge is -2.17. The number of amides is 3. The van der Waals surface area contributed by atoms with E-state index in [0.29, 0.717) is 25.3 Å². The molecule has 25 heavy (non-hydrogen) atoms. The first kappa shape index (κ1) is 16.6. The van der Waals surface area contributed by atoms with Crippen LogP contribution in [0.5, 0.6) is 5.75 Å². The van der Waals surface area contributed by atoms with E-state index in [4.69, 9.17) is 4.74 Å². The van der Waals surface area contributed by atoms with Gasteiger partial charge in [0.15, 0.2) is 5.75 Å². The van der Waals surface area contributed by atoms with E-state index in [1.165, 1.54) is 19.4 Å². The number of nitrogens with one attached hydrogen (secondary N) is 3. The largest absolute Gasteiger partial charge is 0.491 e. The molecule has 1 aromatic heterocycles. The van der Waals surface area contributed by atoms with Gasteiger partial charge < -0.3 is 25.3 Å². The number of carbonyl (C=O) groups is 2. The standard InChI is InChI=1S/C17H18N4O4/c1-25-15-9-19-13(8-14(15)22)16(23)20-12-5-3-2-4-11(12)10-21-7-6-18-17(21)24/h2-5,8-9H,6-7,10H2,1H3,(H,18,24)(H,19,22)(H,20,23). The summed E-state index contributed by atoms with van der Waals surface area (Å²) in [5.74, 6) is -0.310. The van der Waals surface area contributed by atoms with Crippen LogP contribution in [-0.4, -0.2) is 42.0 Å². The quantitative estimate of drug-likeness (QED) is 0.758. The molecule has 1 aromatic carbocycles. The van der Waals surface area contributed by atoms with Crippen molar-refractivity contribution in [3.8, 4) is 5.75 Å². The highest BCUT2D eigenvalue weighted by molar-refractivity contribution is 6.03. The van der Waals surface area contributed by atoms with Gasteiger partial charge in [0, 0.05) is 37.6 Å². The van der Waals surface area contributed by atoms with Crippen molar-refractivity contribution in [1.29, 1.82) is 0 Å². The fourth-order valence-corrected chi connectivity index (χ4v) is 2.59. The first-order valence-electron chi connectivity index (χ1n) is 7.77. The Bertz CT molecular complexity index is 862. The molecule has 1 fully saturated rings. The van der Waals surface area contributed by atoms with Crippen LogP contribution < -0.4 is 20.8 Å². The first-order chi connectivity index (χ1) is 12.1. The third-order valence-corrected chi connectivity index (χ3v) is 3.91. The maximum Gasteiger partial charge on any atom is 0.317 e. The van der Waals surface area contributed by atoms with E-state index >= 15 is 0 Å². The zero-order valence-electron chi connectivity index (χ0n) is 13.7. The van der Waals surface area contributed by atoms with E-state index < -0.39 is 5.91 Å². The van der Waals surface area contributed by atoms with Crippen LogP contribution >= 0.6 is 0 Å². The third-order valence-electron chi connectivity index (χ3n) is 3.91. The number of anilines is 1. The van der Waals surface area contributed by atoms with Gasteiger partial charge >= 0.3 is 6.03 Å². The molecule has 0 spiro atoms. The molecule has 2 aromatic rings. The Morgan fingerprint density at radius 2 is 2.12 bits per heavy atom. The number of pyridine rings is 1. The number of H-pyrrole nitrogens is 1. The lowest BCUT2D eigenvalue weighted by Crippen LogP contribution is -2.28. The number of hydrogen-bond donors (Lipinski definition) is 3. The van der Waals surface area contributed by atoms with E-state index in [2.05, 4.69) is 15.6 Å². The van der Waals surface area contributed by atoms with E-state index in [-0.39, 0.29) is 22.9 Å². The number of aromatic nitrogens is 1. The van der Waals surface area contributed by atoms with E-state index in [9.17, 15) is 14.4 Å². The number of nitrogens with zero attached hydrogens (tertiary/aromatic N) is 1. The highest BCUT2D eigenvalue weighted by atomic mass is 16.5. The molecule has 0 unspecified atom stereocenters. The average molecular weight is 342 g/mol. The molecule has 0 atom stereocenters. The summed E-state index contributed by atoms with van der Waals surface area (Å²) in [6.07, 6.45) is 1.34. The van der Waals surface area contributed by atoms with Crippen molar-refractivity contribution < 1.29 is 14.3 Å². The minimum absolute atomic E-state index is 0.124. The van der Waals surface area contributed by atoms with Gasteiger partial charge in [0.05, 0.1) is 7.11 Å². The molecule has 3 rings (SSSR count). The first-order valence-corrected chi connectivity index (χ1v) is 7.77. The molecule has 8 heteroatoms. The van der Waals surface area contributed by atoms with Crippen molar-refractivity contribution in [2.24, 2.45) is 0 Å². The van der Waals surface area contributed by atoms with Crippen molar-refractivity contribution in [3.05, 3.63) is 58.0 Å². The van der Waals surface area contributed by atoms with E-state index in [1.54, 1.807) is 17.0 Å². The lowest BCUT2D eigenvalue weighted by atomic mass is 10.1. The van der Waals surface area contributed by atoms with E-state index in [1.807, 2.05) is 12.1 Å². The Hall–Kier alpha value is -3.29. The Morgan fingerprint density at radius 3 is 2.80 bits per heavy atom. The van der Waals surface area contributed by atoms with Crippen molar-refractivity contribution in [2.45, 2.75) is 6.54 Å².